The molecule has 0 saturated carbocycles. The molecule has 6 aliphatic heterocycles. The van der Waals surface area contributed by atoms with Crippen molar-refractivity contribution in [1.29, 1.82) is 0 Å². The third-order valence-corrected chi connectivity index (χ3v) is 23.3. The summed E-state index contributed by atoms with van der Waals surface area (Å²) in [5.41, 5.74) is 4.97. The van der Waals surface area contributed by atoms with Crippen LogP contribution in [0.4, 0.5) is 78.3 Å². The van der Waals surface area contributed by atoms with Gasteiger partial charge in [-0.1, -0.05) is 6.92 Å². The number of aryl methyl sites for hydroxylation is 3. The van der Waals surface area contributed by atoms with Gasteiger partial charge in [-0.25, -0.2) is 71.2 Å². The zero-order valence-corrected chi connectivity index (χ0v) is 71.2. The minimum Gasteiger partial charge on any atom is -0.435 e. The number of carbonyl (C=O) groups is 3. The van der Waals surface area contributed by atoms with Crippen LogP contribution in [0, 0.1) is 55.7 Å². The SMILES string of the molecule is CCN1CCN(c2ccc(Nc3ncnc(Oc4cc(F)c5[nH]c(C)cc5c4F)c3C(=O)N3CCN(C)CC3)nc2)CC1.Cc1cc2c(F)c(Oc3ncnc(Nc4ccc(N5CCN(C)CC5)cn4)c3C(=O)N3CCN(C)CC3)cc(F)c2[nH]1.Cc1cc2c(F)c(Oc3ncnc(Nc4ccc(N5CCNCC5)cn4)c3C(=O)N3CCN(C)CC3)cc(F)c2[nH]1. The molecule has 6 saturated heterocycles. The van der Waals surface area contributed by atoms with Gasteiger partial charge in [-0.3, -0.25) is 14.4 Å². The smallest absolute Gasteiger partial charge is 0.263 e. The molecule has 12 aromatic rings. The first-order chi connectivity index (χ1) is 60.9. The van der Waals surface area contributed by atoms with E-state index in [0.29, 0.717) is 113 Å². The normalized spacial score (nSPS) is 16.5. The number of hydrogen-bond donors (Lipinski definition) is 7. The second kappa shape index (κ2) is 38.2. The highest BCUT2D eigenvalue weighted by Gasteiger charge is 2.35. The maximum absolute atomic E-state index is 15.5. The van der Waals surface area contributed by atoms with Crippen molar-refractivity contribution in [1.82, 2.24) is 104 Å². The van der Waals surface area contributed by atoms with Crippen LogP contribution in [0.1, 0.15) is 55.1 Å². The number of likely N-dealkylation sites (N-methyl/N-ethyl adjacent to an activating group) is 5. The Hall–Kier alpha value is -13.1. The summed E-state index contributed by atoms with van der Waals surface area (Å²) in [5, 5.41) is 12.8. The minimum atomic E-state index is -0.762. The molecular formula is C87H99F6N27O6. The van der Waals surface area contributed by atoms with Crippen molar-refractivity contribution in [2.45, 2.75) is 27.7 Å². The van der Waals surface area contributed by atoms with E-state index >= 15 is 13.2 Å². The van der Waals surface area contributed by atoms with Gasteiger partial charge < -0.3 is 104 Å². The van der Waals surface area contributed by atoms with Crippen molar-refractivity contribution < 1.29 is 54.9 Å². The Balaban J connectivity index is 0.000000139. The number of ether oxygens (including phenoxy) is 3. The fourth-order valence-corrected chi connectivity index (χ4v) is 15.9. The predicted molar refractivity (Wildman–Crippen MR) is 467 cm³/mol. The summed E-state index contributed by atoms with van der Waals surface area (Å²) in [6, 6.07) is 18.7. The first-order valence-electron chi connectivity index (χ1n) is 41.9. The number of nitrogens with zero attached hydrogens (tertiary/aromatic N) is 20. The molecule has 0 bridgehead atoms. The molecule has 18 rings (SSSR count). The minimum absolute atomic E-state index is 0.00943. The molecular weight excluding hydrogens is 1630 g/mol. The summed E-state index contributed by atoms with van der Waals surface area (Å²) >= 11 is 0. The van der Waals surface area contributed by atoms with Crippen molar-refractivity contribution in [3.05, 3.63) is 179 Å². The van der Waals surface area contributed by atoms with Crippen LogP contribution >= 0.6 is 0 Å². The van der Waals surface area contributed by atoms with Gasteiger partial charge in [-0.2, -0.15) is 0 Å². The Morgan fingerprint density at radius 2 is 0.651 bits per heavy atom. The van der Waals surface area contributed by atoms with Crippen molar-refractivity contribution in [3.8, 4) is 34.9 Å². The van der Waals surface area contributed by atoms with Crippen LogP contribution in [-0.2, 0) is 0 Å². The monoisotopic (exact) mass is 1730 g/mol. The standard InChI is InChI=1S/C30H35F2N9O2.C29H33F2N9O2.C28H31F2N9O2/c1-4-39-9-13-40(14-10-39)20-5-6-24(33-17-20)37-28-25(30(42)41-11-7-38(3)8-12-41)29(35-18-34-28)43-23-16-22(31)27-21(26(23)32)15-19(2)36-27;1-18-14-20-25(31)22(15-21(30)26(20)35-18)42-28-24(29(41)40-12-8-38(3)9-13-40)27(33-17-34-28)36-23-5-4-19(16-32-23)39-10-6-37(2)7-11-39;1-17-13-19-24(30)21(14-20(29)25(19)35-17)41-27-23(28(40)39-11-9-37(2)10-12-39)26(33-16-34-27)36-22-4-3-18(15-32-22)38-7-5-31-6-8-38/h5-6,15-18,36H,4,7-14H2,1-3H3,(H,33,34,35,37);4-5,14-17,35H,6-13H2,1-3H3,(H,32,33,34,36);3-4,13-16,31,35H,5-12H2,1-2H3,(H,32,33,34,36). The number of H-pyrrole nitrogens is 3. The van der Waals surface area contributed by atoms with Gasteiger partial charge in [0.05, 0.1) is 52.2 Å². The number of amides is 3. The molecule has 0 atom stereocenters. The van der Waals surface area contributed by atoms with Crippen LogP contribution in [0.25, 0.3) is 32.7 Å². The number of halogens is 6. The Morgan fingerprint density at radius 3 is 0.937 bits per heavy atom. The molecule has 3 amide bonds. The number of piperazine rings is 6. The fraction of sp³-hybridized carbons (Fsp3) is 0.379. The quantitative estimate of drug-likeness (QED) is 0.0370. The number of hydrogen-bond acceptors (Lipinski definition) is 27. The predicted octanol–water partition coefficient (Wildman–Crippen LogP) is 10.9. The first-order valence-corrected chi connectivity index (χ1v) is 41.9. The summed E-state index contributed by atoms with van der Waals surface area (Å²) in [5.74, 6) is -5.32. The first kappa shape index (κ1) is 86.4. The summed E-state index contributed by atoms with van der Waals surface area (Å²) in [4.78, 5) is 112. The van der Waals surface area contributed by atoms with E-state index in [1.54, 1.807) is 60.1 Å². The highest BCUT2D eigenvalue weighted by atomic mass is 19.1. The lowest BCUT2D eigenvalue weighted by Gasteiger charge is -2.35. The van der Waals surface area contributed by atoms with Crippen LogP contribution < -0.4 is 50.2 Å². The van der Waals surface area contributed by atoms with Crippen LogP contribution in [0.15, 0.2) is 110 Å². The summed E-state index contributed by atoms with van der Waals surface area (Å²) in [7, 11) is 8.07. The lowest BCUT2D eigenvalue weighted by Crippen LogP contribution is -2.47. The second-order valence-electron chi connectivity index (χ2n) is 32.1. The number of nitrogens with one attached hydrogen (secondary N) is 7. The molecule has 0 spiro atoms. The molecule has 660 valence electrons. The topological polar surface area (TPSA) is 326 Å². The lowest BCUT2D eigenvalue weighted by atomic mass is 10.2. The molecule has 0 radical (unpaired) electrons. The largest absolute Gasteiger partial charge is 0.435 e. The van der Waals surface area contributed by atoms with E-state index in [2.05, 4.69) is 134 Å². The molecule has 126 heavy (non-hydrogen) atoms. The second-order valence-corrected chi connectivity index (χ2v) is 32.1. The van der Waals surface area contributed by atoms with Gasteiger partial charge in [0.15, 0.2) is 69.6 Å². The number of aromatic nitrogens is 12. The van der Waals surface area contributed by atoms with E-state index in [9.17, 15) is 27.6 Å². The highest BCUT2D eigenvalue weighted by Crippen LogP contribution is 2.41. The Morgan fingerprint density at radius 1 is 0.365 bits per heavy atom. The van der Waals surface area contributed by atoms with Crippen molar-refractivity contribution in [2.75, 3.05) is 222 Å². The Labute approximate surface area is 722 Å². The number of fused-ring (bicyclic) bond motifs is 3. The third-order valence-electron chi connectivity index (χ3n) is 23.3. The van der Waals surface area contributed by atoms with E-state index in [1.165, 1.54) is 37.2 Å². The third kappa shape index (κ3) is 19.4. The van der Waals surface area contributed by atoms with E-state index < -0.39 is 34.9 Å². The van der Waals surface area contributed by atoms with Gasteiger partial charge in [0, 0.05) is 209 Å². The number of carbonyl (C=O) groups excluding carboxylic acids is 3. The molecule has 6 aliphatic rings. The van der Waals surface area contributed by atoms with Crippen LogP contribution in [0.5, 0.6) is 34.9 Å². The van der Waals surface area contributed by atoms with Gasteiger partial charge in [0.1, 0.15) is 53.1 Å². The zero-order chi connectivity index (χ0) is 88.0. The van der Waals surface area contributed by atoms with Crippen LogP contribution in [-0.4, -0.2) is 309 Å². The molecule has 0 unspecified atom stereocenters. The molecule has 39 heteroatoms. The average Bonchev–Trinajstić information content (AvgIpc) is 1.74. The Kier molecular flexibility index (Phi) is 26.2. The van der Waals surface area contributed by atoms with Crippen LogP contribution in [0.3, 0.4) is 0 Å². The van der Waals surface area contributed by atoms with Crippen molar-refractivity contribution in [3.63, 3.8) is 0 Å². The van der Waals surface area contributed by atoms with Crippen molar-refractivity contribution >= 4 is 102 Å². The van der Waals surface area contributed by atoms with E-state index in [0.717, 1.165) is 120 Å². The average molecular weight is 1730 g/mol. The molecule has 9 aromatic heterocycles. The van der Waals surface area contributed by atoms with E-state index in [-0.39, 0.29) is 119 Å². The summed E-state index contributed by atoms with van der Waals surface area (Å²) in [6.45, 7) is 26.6. The molecule has 7 N–H and O–H groups in total. The number of aromatic amines is 3. The molecule has 3 aromatic carbocycles. The van der Waals surface area contributed by atoms with Gasteiger partial charge in [-0.15, -0.1) is 0 Å². The van der Waals surface area contributed by atoms with E-state index in [4.69, 9.17) is 14.2 Å². The molecule has 0 aliphatic carbocycles. The molecule has 6 fully saturated rings. The number of anilines is 9. The number of pyridine rings is 3. The van der Waals surface area contributed by atoms with Gasteiger partial charge in [-0.05, 0) is 110 Å². The lowest BCUT2D eigenvalue weighted by molar-refractivity contribution is 0.0654. The fourth-order valence-electron chi connectivity index (χ4n) is 15.9. The van der Waals surface area contributed by atoms with Crippen LogP contribution in [0.2, 0.25) is 0 Å². The van der Waals surface area contributed by atoms with E-state index in [1.807, 2.05) is 51.5 Å². The van der Waals surface area contributed by atoms with Gasteiger partial charge in [0.2, 0.25) is 17.6 Å². The zero-order valence-electron chi connectivity index (χ0n) is 71.2. The maximum Gasteiger partial charge on any atom is 0.263 e. The van der Waals surface area contributed by atoms with Crippen molar-refractivity contribution in [2.24, 2.45) is 0 Å². The summed E-state index contributed by atoms with van der Waals surface area (Å²) in [6.07, 6.45) is 8.97. The number of rotatable bonds is 19. The summed E-state index contributed by atoms with van der Waals surface area (Å²) < 4.78 is 108. The maximum atomic E-state index is 15.5. The molecule has 33 nitrogen and oxygen atoms in total. The van der Waals surface area contributed by atoms with Gasteiger partial charge >= 0.3 is 0 Å². The molecule has 15 heterocycles. The number of benzene rings is 3. The van der Waals surface area contributed by atoms with Gasteiger partial charge in [0.25, 0.3) is 17.7 Å². The highest BCUT2D eigenvalue weighted by molar-refractivity contribution is 6.04. The Bertz CT molecular complexity index is 5900.